The van der Waals surface area contributed by atoms with Gasteiger partial charge in [-0.3, -0.25) is 0 Å². The van der Waals surface area contributed by atoms with E-state index in [1.54, 1.807) is 6.07 Å². The van der Waals surface area contributed by atoms with Crippen molar-refractivity contribution in [3.8, 4) is 0 Å². The molecule has 2 aromatic heterocycles. The first-order chi connectivity index (χ1) is 9.53. The van der Waals surface area contributed by atoms with Gasteiger partial charge in [-0.1, -0.05) is 0 Å². The molecule has 6 heteroatoms. The van der Waals surface area contributed by atoms with Crippen LogP contribution in [0.2, 0.25) is 0 Å². The van der Waals surface area contributed by atoms with Crippen LogP contribution in [0, 0.1) is 0 Å². The van der Waals surface area contributed by atoms with Gasteiger partial charge in [-0.15, -0.1) is 0 Å². The van der Waals surface area contributed by atoms with Gasteiger partial charge in [0.1, 0.15) is 0 Å². The van der Waals surface area contributed by atoms with E-state index in [4.69, 9.17) is 5.73 Å². The van der Waals surface area contributed by atoms with Crippen LogP contribution >= 0.6 is 15.9 Å². The van der Waals surface area contributed by atoms with Gasteiger partial charge in [0.25, 0.3) is 0 Å². The second kappa shape index (κ2) is 5.26. The Morgan fingerprint density at radius 2 is 2.05 bits per heavy atom. The van der Waals surface area contributed by atoms with E-state index in [9.17, 15) is 9.90 Å². The average molecular weight is 403 g/mol. The molecule has 0 saturated heterocycles. The van der Waals surface area contributed by atoms with Crippen LogP contribution in [0.15, 0.2) is 22.7 Å². The Bertz CT molecular complexity index is 677. The van der Waals surface area contributed by atoms with Crippen LogP contribution in [0.1, 0.15) is 47.0 Å². The number of primary amides is 1. The molecule has 1 fully saturated rings. The molecule has 3 rings (SSSR count). The molecule has 0 bridgehead atoms. The van der Waals surface area contributed by atoms with Gasteiger partial charge < -0.3 is 0 Å². The second-order valence-electron chi connectivity index (χ2n) is 5.28. The topological polar surface area (TPSA) is 67.4 Å². The molecule has 106 valence electrons. The van der Waals surface area contributed by atoms with Crippen LogP contribution in [0.4, 0.5) is 0 Å². The van der Waals surface area contributed by atoms with Crippen molar-refractivity contribution in [3.63, 3.8) is 0 Å². The van der Waals surface area contributed by atoms with Crippen LogP contribution in [-0.2, 0) is 5.60 Å². The number of fused-ring (bicyclic) bond motifs is 1. The molecule has 0 atom stereocenters. The van der Waals surface area contributed by atoms with Crippen LogP contribution in [0.25, 0.3) is 5.52 Å². The quantitative estimate of drug-likeness (QED) is 0.747. The maximum absolute atomic E-state index is 11.5. The summed E-state index contributed by atoms with van der Waals surface area (Å²) >= 11 is 3.50. The van der Waals surface area contributed by atoms with Gasteiger partial charge in [0.15, 0.2) is 0 Å². The number of nitrogens with zero attached hydrogens (tertiary/aromatic N) is 1. The molecule has 4 nitrogen and oxygen atoms in total. The summed E-state index contributed by atoms with van der Waals surface area (Å²) in [7, 11) is 0. The van der Waals surface area contributed by atoms with Crippen LogP contribution in [-0.4, -0.2) is 25.7 Å². The van der Waals surface area contributed by atoms with Gasteiger partial charge in [-0.2, -0.15) is 0 Å². The molecule has 3 N–H and O–H groups in total. The van der Waals surface area contributed by atoms with E-state index in [0.29, 0.717) is 5.69 Å². The zero-order valence-electron chi connectivity index (χ0n) is 10.9. The Labute approximate surface area is 131 Å². The average Bonchev–Trinajstić information content (AvgIpc) is 2.78. The van der Waals surface area contributed by atoms with Crippen molar-refractivity contribution in [1.29, 1.82) is 0 Å². The standard InChI is InChI=1S/C14H15BrN2O2Se/c15-11-9-5-4-6-10(13(16)18)17(9)20-12(11)14(19)7-2-1-3-8-14/h4-6,19H,1-3,7-8H2,(H-,16,18)/p+1. The van der Waals surface area contributed by atoms with Crippen LogP contribution in [0.5, 0.6) is 0 Å². The molecule has 1 aliphatic rings. The molecule has 2 aromatic rings. The van der Waals surface area contributed by atoms with E-state index < -0.39 is 11.5 Å². The molecular weight excluding hydrogens is 387 g/mol. The SMILES string of the molecule is NC(=O)c1cccc2c(Br)c(C3(O)CCCCC3)[se][n+]12. The van der Waals surface area contributed by atoms with Gasteiger partial charge in [-0.05, 0) is 0 Å². The number of hydrogen-bond acceptors (Lipinski definition) is 2. The number of nitrogens with two attached hydrogens (primary N) is 1. The summed E-state index contributed by atoms with van der Waals surface area (Å²) in [5, 5.41) is 10.9. The molecule has 1 saturated carbocycles. The van der Waals surface area contributed by atoms with Gasteiger partial charge in [0, 0.05) is 0 Å². The fourth-order valence-electron chi connectivity index (χ4n) is 2.84. The molecule has 1 aliphatic carbocycles. The third kappa shape index (κ3) is 2.25. The van der Waals surface area contributed by atoms with Gasteiger partial charge in [-0.25, -0.2) is 0 Å². The summed E-state index contributed by atoms with van der Waals surface area (Å²) in [5.41, 5.74) is 6.17. The predicted octanol–water partition coefficient (Wildman–Crippen LogP) is 1.50. The first-order valence-electron chi connectivity index (χ1n) is 6.69. The van der Waals surface area contributed by atoms with E-state index in [-0.39, 0.29) is 14.7 Å². The number of amides is 1. The van der Waals surface area contributed by atoms with Gasteiger partial charge >= 0.3 is 132 Å². The molecule has 0 aliphatic heterocycles. The van der Waals surface area contributed by atoms with E-state index in [1.807, 2.05) is 15.5 Å². The van der Waals surface area contributed by atoms with E-state index in [0.717, 1.165) is 40.1 Å². The number of carbonyl (C=O) groups is 1. The molecule has 1 amide bonds. The number of hydrogen-bond donors (Lipinski definition) is 2. The Morgan fingerprint density at radius 3 is 2.70 bits per heavy atom. The fraction of sp³-hybridized carbons (Fsp3) is 0.429. The van der Waals surface area contributed by atoms with Crippen molar-refractivity contribution in [2.75, 3.05) is 0 Å². The zero-order chi connectivity index (χ0) is 14.3. The molecule has 0 unspecified atom stereocenters. The summed E-state index contributed by atoms with van der Waals surface area (Å²) in [6, 6.07) is 5.52. The second-order valence-corrected chi connectivity index (χ2v) is 8.08. The summed E-state index contributed by atoms with van der Waals surface area (Å²) < 4.78 is 3.92. The summed E-state index contributed by atoms with van der Waals surface area (Å²) in [5.74, 6) is -0.425. The third-order valence-electron chi connectivity index (χ3n) is 3.91. The van der Waals surface area contributed by atoms with E-state index in [2.05, 4.69) is 15.9 Å². The number of halogens is 1. The van der Waals surface area contributed by atoms with Gasteiger partial charge in [0.2, 0.25) is 0 Å². The first-order valence-corrected chi connectivity index (χ1v) is 9.11. The normalized spacial score (nSPS) is 18.3. The first kappa shape index (κ1) is 14.3. The van der Waals surface area contributed by atoms with Crippen molar-refractivity contribution in [3.05, 3.63) is 32.8 Å². The molecular formula is C14H16BrN2O2Se+. The minimum absolute atomic E-state index is 0.119. The number of carbonyl (C=O) groups excluding carboxylic acids is 1. The van der Waals surface area contributed by atoms with Crippen molar-refractivity contribution >= 4 is 42.1 Å². The Hall–Kier alpha value is -0.681. The molecule has 0 spiro atoms. The van der Waals surface area contributed by atoms with Gasteiger partial charge in [0.05, 0.1) is 0 Å². The van der Waals surface area contributed by atoms with E-state index in [1.165, 1.54) is 6.42 Å². The predicted molar refractivity (Wildman–Crippen MR) is 79.7 cm³/mol. The van der Waals surface area contributed by atoms with Crippen LogP contribution < -0.4 is 9.13 Å². The fourth-order valence-corrected chi connectivity index (χ4v) is 6.76. The van der Waals surface area contributed by atoms with Crippen molar-refractivity contribution in [2.45, 2.75) is 37.7 Å². The number of pyridine rings is 1. The Kier molecular flexibility index (Phi) is 3.75. The molecule has 0 radical (unpaired) electrons. The van der Waals surface area contributed by atoms with Crippen molar-refractivity contribution in [2.24, 2.45) is 5.73 Å². The van der Waals surface area contributed by atoms with Crippen LogP contribution in [0.3, 0.4) is 0 Å². The maximum atomic E-state index is 11.5. The third-order valence-corrected chi connectivity index (χ3v) is 8.12. The summed E-state index contributed by atoms with van der Waals surface area (Å²) in [4.78, 5) is 11.5. The monoisotopic (exact) mass is 403 g/mol. The Morgan fingerprint density at radius 1 is 1.35 bits per heavy atom. The van der Waals surface area contributed by atoms with Crippen molar-refractivity contribution in [1.82, 2.24) is 0 Å². The molecule has 20 heavy (non-hydrogen) atoms. The van der Waals surface area contributed by atoms with E-state index >= 15 is 0 Å². The number of aliphatic hydroxyl groups is 1. The summed E-state index contributed by atoms with van der Waals surface area (Å²) in [6.45, 7) is 0. The minimum atomic E-state index is -0.724. The zero-order valence-corrected chi connectivity index (χ0v) is 14.2. The Balaban J connectivity index is 2.20. The number of aromatic nitrogens is 1. The van der Waals surface area contributed by atoms with Crippen molar-refractivity contribution < 1.29 is 13.3 Å². The summed E-state index contributed by atoms with van der Waals surface area (Å²) in [6.07, 6.45) is 4.91. The molecule has 2 heterocycles. The molecule has 0 aromatic carbocycles. The number of rotatable bonds is 2.